The number of aliphatic hydroxyl groups is 2. The third-order valence-corrected chi connectivity index (χ3v) is 4.76. The molecule has 0 fully saturated rings. The van der Waals surface area contributed by atoms with E-state index in [-0.39, 0.29) is 35.2 Å². The van der Waals surface area contributed by atoms with Crippen LogP contribution in [0.2, 0.25) is 0 Å². The molecule has 2 unspecified atom stereocenters. The minimum absolute atomic E-state index is 0.0196. The molecule has 0 aromatic heterocycles. The maximum atomic E-state index is 12.1. The minimum Gasteiger partial charge on any atom is -0.459 e. The van der Waals surface area contributed by atoms with Gasteiger partial charge in [-0.2, -0.15) is 0 Å². The zero-order valence-corrected chi connectivity index (χ0v) is 18.5. The average molecular weight is 409 g/mol. The van der Waals surface area contributed by atoms with Crippen LogP contribution in [0.25, 0.3) is 0 Å². The van der Waals surface area contributed by atoms with Crippen molar-refractivity contribution in [1.29, 1.82) is 0 Å². The molecule has 2 atom stereocenters. The fourth-order valence-electron chi connectivity index (χ4n) is 2.86. The van der Waals surface area contributed by atoms with Crippen LogP contribution < -0.4 is 0 Å². The predicted molar refractivity (Wildman–Crippen MR) is 112 cm³/mol. The molecular weight excluding hydrogens is 372 g/mol. The summed E-state index contributed by atoms with van der Waals surface area (Å²) in [6, 6.07) is 5.91. The summed E-state index contributed by atoms with van der Waals surface area (Å²) in [7, 11) is 0. The number of benzene rings is 1. The van der Waals surface area contributed by atoms with Crippen LogP contribution in [0.3, 0.4) is 0 Å². The van der Waals surface area contributed by atoms with Crippen LogP contribution in [-0.4, -0.2) is 47.6 Å². The molecule has 0 aliphatic rings. The Kier molecular flexibility index (Phi) is 9.30. The summed E-state index contributed by atoms with van der Waals surface area (Å²) in [6.45, 7) is 12.0. The zero-order chi connectivity index (χ0) is 22.2. The Morgan fingerprint density at radius 2 is 1.21 bits per heavy atom. The third kappa shape index (κ3) is 9.90. The van der Waals surface area contributed by atoms with Crippen molar-refractivity contribution in [2.24, 2.45) is 10.8 Å². The molecule has 0 aliphatic carbocycles. The first kappa shape index (κ1) is 25.1. The summed E-state index contributed by atoms with van der Waals surface area (Å²) in [4.78, 5) is 24.2. The quantitative estimate of drug-likeness (QED) is 0.569. The van der Waals surface area contributed by atoms with Gasteiger partial charge in [0.1, 0.15) is 13.2 Å². The lowest BCUT2D eigenvalue weighted by Crippen LogP contribution is -2.25. The van der Waals surface area contributed by atoms with Gasteiger partial charge >= 0.3 is 11.9 Å². The number of carbonyl (C=O) groups is 2. The van der Waals surface area contributed by atoms with Crippen molar-refractivity contribution in [1.82, 2.24) is 0 Å². The van der Waals surface area contributed by atoms with E-state index in [0.717, 1.165) is 6.42 Å². The van der Waals surface area contributed by atoms with Gasteiger partial charge in [0.25, 0.3) is 0 Å². The van der Waals surface area contributed by atoms with Crippen molar-refractivity contribution in [3.8, 4) is 0 Å². The number of hydrogen-bond donors (Lipinski definition) is 2. The van der Waals surface area contributed by atoms with Gasteiger partial charge in [-0.3, -0.25) is 0 Å². The van der Waals surface area contributed by atoms with Gasteiger partial charge in [0, 0.05) is 0 Å². The maximum Gasteiger partial charge on any atom is 0.338 e. The largest absolute Gasteiger partial charge is 0.459 e. The highest BCUT2D eigenvalue weighted by atomic mass is 16.5. The van der Waals surface area contributed by atoms with Crippen molar-refractivity contribution in [3.05, 3.63) is 35.4 Å². The first-order valence-corrected chi connectivity index (χ1v) is 10.1. The van der Waals surface area contributed by atoms with Crippen LogP contribution in [-0.2, 0) is 9.47 Å². The van der Waals surface area contributed by atoms with E-state index in [1.165, 1.54) is 24.3 Å². The molecule has 29 heavy (non-hydrogen) atoms. The van der Waals surface area contributed by atoms with E-state index < -0.39 is 24.1 Å². The molecule has 0 saturated carbocycles. The highest BCUT2D eigenvalue weighted by Crippen LogP contribution is 2.26. The Hall–Kier alpha value is -1.92. The standard InChI is InChI=1S/C23H36O6/c1-7-23(5,6)13-19(25)15-29-21(27)17-10-8-16(9-11-17)20(26)28-14-18(24)12-22(2,3)4/h8-11,18-19,24-25H,7,12-15H2,1-6H3. The fourth-order valence-corrected chi connectivity index (χ4v) is 2.86. The van der Waals surface area contributed by atoms with E-state index in [2.05, 4.69) is 20.8 Å². The number of esters is 2. The molecular formula is C23H36O6. The van der Waals surface area contributed by atoms with E-state index in [1.54, 1.807) is 0 Å². The molecule has 0 saturated heterocycles. The number of rotatable bonds is 10. The Morgan fingerprint density at radius 3 is 1.55 bits per heavy atom. The maximum absolute atomic E-state index is 12.1. The lowest BCUT2D eigenvalue weighted by molar-refractivity contribution is 0.0132. The SMILES string of the molecule is CCC(C)(C)CC(O)COC(=O)c1ccc(C(=O)OCC(O)CC(C)(C)C)cc1. The van der Waals surface area contributed by atoms with Gasteiger partial charge in [0.15, 0.2) is 0 Å². The van der Waals surface area contributed by atoms with Crippen molar-refractivity contribution >= 4 is 11.9 Å². The highest BCUT2D eigenvalue weighted by Gasteiger charge is 2.22. The first-order chi connectivity index (χ1) is 13.3. The lowest BCUT2D eigenvalue weighted by Gasteiger charge is -2.25. The van der Waals surface area contributed by atoms with Gasteiger partial charge in [-0.15, -0.1) is 0 Å². The third-order valence-electron chi connectivity index (χ3n) is 4.76. The highest BCUT2D eigenvalue weighted by molar-refractivity contribution is 5.93. The van der Waals surface area contributed by atoms with Gasteiger partial charge in [0.05, 0.1) is 23.3 Å². The van der Waals surface area contributed by atoms with Crippen LogP contribution in [0.1, 0.15) is 81.5 Å². The molecule has 0 bridgehead atoms. The molecule has 164 valence electrons. The Bertz CT molecular complexity index is 657. The average Bonchev–Trinajstić information content (AvgIpc) is 2.62. The number of hydrogen-bond acceptors (Lipinski definition) is 6. The molecule has 0 spiro atoms. The molecule has 0 radical (unpaired) electrons. The minimum atomic E-state index is -0.725. The van der Waals surface area contributed by atoms with E-state index in [1.807, 2.05) is 20.8 Å². The predicted octanol–water partition coefficient (Wildman–Crippen LogP) is 3.98. The van der Waals surface area contributed by atoms with Crippen molar-refractivity contribution < 1.29 is 29.3 Å². The topological polar surface area (TPSA) is 93.1 Å². The van der Waals surface area contributed by atoms with Crippen molar-refractivity contribution in [2.75, 3.05) is 13.2 Å². The molecule has 0 aliphatic heterocycles. The van der Waals surface area contributed by atoms with Gasteiger partial charge in [-0.1, -0.05) is 48.0 Å². The van der Waals surface area contributed by atoms with Crippen LogP contribution in [0.4, 0.5) is 0 Å². The summed E-state index contributed by atoms with van der Waals surface area (Å²) in [5.41, 5.74) is 0.493. The molecule has 6 heteroatoms. The second kappa shape index (κ2) is 10.7. The van der Waals surface area contributed by atoms with Gasteiger partial charge < -0.3 is 19.7 Å². The molecule has 0 heterocycles. The van der Waals surface area contributed by atoms with Gasteiger partial charge in [0.2, 0.25) is 0 Å². The number of ether oxygens (including phenoxy) is 2. The van der Waals surface area contributed by atoms with Crippen molar-refractivity contribution in [3.63, 3.8) is 0 Å². The summed E-state index contributed by atoms with van der Waals surface area (Å²) in [5.74, 6) is -1.12. The zero-order valence-electron chi connectivity index (χ0n) is 18.5. The molecule has 1 aromatic carbocycles. The van der Waals surface area contributed by atoms with Gasteiger partial charge in [-0.05, 0) is 47.9 Å². The summed E-state index contributed by atoms with van der Waals surface area (Å²) in [6.07, 6.45) is 0.539. The molecule has 6 nitrogen and oxygen atoms in total. The number of aliphatic hydroxyl groups excluding tert-OH is 2. The molecule has 2 N–H and O–H groups in total. The van der Waals surface area contributed by atoms with E-state index in [9.17, 15) is 19.8 Å². The van der Waals surface area contributed by atoms with Crippen LogP contribution in [0, 0.1) is 10.8 Å². The van der Waals surface area contributed by atoms with Crippen molar-refractivity contribution in [2.45, 2.75) is 73.0 Å². The Morgan fingerprint density at radius 1 is 0.828 bits per heavy atom. The molecule has 1 aromatic rings. The van der Waals surface area contributed by atoms with Crippen LogP contribution in [0.15, 0.2) is 24.3 Å². The fraction of sp³-hybridized carbons (Fsp3) is 0.652. The van der Waals surface area contributed by atoms with E-state index in [0.29, 0.717) is 12.8 Å². The van der Waals surface area contributed by atoms with Gasteiger partial charge in [-0.25, -0.2) is 9.59 Å². The van der Waals surface area contributed by atoms with E-state index in [4.69, 9.17) is 9.47 Å². The Labute approximate surface area is 174 Å². The molecule has 0 amide bonds. The summed E-state index contributed by atoms with van der Waals surface area (Å²) < 4.78 is 10.3. The first-order valence-electron chi connectivity index (χ1n) is 10.1. The lowest BCUT2D eigenvalue weighted by atomic mass is 9.84. The van der Waals surface area contributed by atoms with E-state index >= 15 is 0 Å². The van der Waals surface area contributed by atoms with Crippen LogP contribution >= 0.6 is 0 Å². The Balaban J connectivity index is 2.51. The summed E-state index contributed by atoms with van der Waals surface area (Å²) in [5, 5.41) is 20.0. The summed E-state index contributed by atoms with van der Waals surface area (Å²) >= 11 is 0. The second-order valence-electron chi connectivity index (χ2n) is 9.57. The monoisotopic (exact) mass is 408 g/mol. The molecule has 1 rings (SSSR count). The normalized spacial score (nSPS) is 14.2. The smallest absolute Gasteiger partial charge is 0.338 e. The van der Waals surface area contributed by atoms with Crippen LogP contribution in [0.5, 0.6) is 0 Å². The number of carbonyl (C=O) groups excluding carboxylic acids is 2. The second-order valence-corrected chi connectivity index (χ2v) is 9.57.